The van der Waals surface area contributed by atoms with Crippen molar-refractivity contribution in [2.75, 3.05) is 25.9 Å². The van der Waals surface area contributed by atoms with Gasteiger partial charge in [-0.05, 0) is 28.1 Å². The van der Waals surface area contributed by atoms with E-state index in [0.717, 1.165) is 10.4 Å². The molecule has 17 heavy (non-hydrogen) atoms. The van der Waals surface area contributed by atoms with E-state index in [9.17, 15) is 12.8 Å². The smallest absolute Gasteiger partial charge is 0.245 e. The maximum Gasteiger partial charge on any atom is 0.245 e. The second kappa shape index (κ2) is 5.30. The lowest BCUT2D eigenvalue weighted by atomic mass is 10.3. The molecule has 1 aromatic carbocycles. The number of aliphatic hydroxyl groups excluding tert-OH is 1. The van der Waals surface area contributed by atoms with Crippen LogP contribution in [0, 0.1) is 5.82 Å². The number of anilines is 1. The van der Waals surface area contributed by atoms with Crippen LogP contribution in [0.4, 0.5) is 10.1 Å². The first-order valence-electron chi connectivity index (χ1n) is 4.62. The number of hydrogen-bond acceptors (Lipinski definition) is 4. The van der Waals surface area contributed by atoms with E-state index in [4.69, 9.17) is 10.8 Å². The summed E-state index contributed by atoms with van der Waals surface area (Å²) in [6.07, 6.45) is 0. The molecule has 0 amide bonds. The summed E-state index contributed by atoms with van der Waals surface area (Å²) in [5.74, 6) is -0.899. The molecule has 96 valence electrons. The predicted molar refractivity (Wildman–Crippen MR) is 65.4 cm³/mol. The van der Waals surface area contributed by atoms with Gasteiger partial charge in [0.1, 0.15) is 4.90 Å². The van der Waals surface area contributed by atoms with Gasteiger partial charge in [-0.3, -0.25) is 0 Å². The number of nitrogen functional groups attached to an aromatic ring is 1. The third kappa shape index (κ3) is 2.95. The number of halogens is 2. The Morgan fingerprint density at radius 3 is 2.65 bits per heavy atom. The van der Waals surface area contributed by atoms with Gasteiger partial charge in [-0.15, -0.1) is 0 Å². The second-order valence-electron chi connectivity index (χ2n) is 3.37. The summed E-state index contributed by atoms with van der Waals surface area (Å²) in [6, 6.07) is 2.32. The number of benzene rings is 1. The van der Waals surface area contributed by atoms with Gasteiger partial charge in [0.15, 0.2) is 5.82 Å². The number of likely N-dealkylation sites (N-methyl/N-ethyl adjacent to an activating group) is 1. The molecule has 0 aliphatic heterocycles. The van der Waals surface area contributed by atoms with Crippen molar-refractivity contribution in [3.05, 3.63) is 22.4 Å². The summed E-state index contributed by atoms with van der Waals surface area (Å²) in [5, 5.41) is 8.69. The first kappa shape index (κ1) is 14.4. The second-order valence-corrected chi connectivity index (χ2v) is 6.23. The minimum absolute atomic E-state index is 0.0199. The Labute approximate surface area is 107 Å². The van der Waals surface area contributed by atoms with Gasteiger partial charge in [-0.2, -0.15) is 4.31 Å². The van der Waals surface area contributed by atoms with E-state index in [1.165, 1.54) is 13.1 Å². The molecule has 0 saturated carbocycles. The van der Waals surface area contributed by atoms with E-state index in [1.807, 2.05) is 0 Å². The summed E-state index contributed by atoms with van der Waals surface area (Å²) in [5.41, 5.74) is 5.60. The van der Waals surface area contributed by atoms with Crippen molar-refractivity contribution in [3.63, 3.8) is 0 Å². The van der Waals surface area contributed by atoms with Gasteiger partial charge in [-0.25, -0.2) is 12.8 Å². The maximum atomic E-state index is 13.7. The Kier molecular flexibility index (Phi) is 4.48. The molecule has 0 saturated heterocycles. The van der Waals surface area contributed by atoms with E-state index in [2.05, 4.69) is 15.9 Å². The highest BCUT2D eigenvalue weighted by Gasteiger charge is 2.25. The van der Waals surface area contributed by atoms with E-state index in [0.29, 0.717) is 0 Å². The van der Waals surface area contributed by atoms with Gasteiger partial charge >= 0.3 is 0 Å². The van der Waals surface area contributed by atoms with Crippen molar-refractivity contribution in [2.24, 2.45) is 0 Å². The Hall–Kier alpha value is -0.700. The molecule has 0 radical (unpaired) electrons. The number of sulfonamides is 1. The highest BCUT2D eigenvalue weighted by molar-refractivity contribution is 9.10. The van der Waals surface area contributed by atoms with Crippen LogP contribution < -0.4 is 5.73 Å². The summed E-state index contributed by atoms with van der Waals surface area (Å²) >= 11 is 2.89. The quantitative estimate of drug-likeness (QED) is 0.801. The lowest BCUT2D eigenvalue weighted by Gasteiger charge is -2.17. The summed E-state index contributed by atoms with van der Waals surface area (Å²) < 4.78 is 38.4. The van der Waals surface area contributed by atoms with Gasteiger partial charge in [-0.1, -0.05) is 0 Å². The van der Waals surface area contributed by atoms with Crippen molar-refractivity contribution >= 4 is 31.6 Å². The third-order valence-electron chi connectivity index (χ3n) is 2.12. The van der Waals surface area contributed by atoms with Gasteiger partial charge in [0.25, 0.3) is 0 Å². The lowest BCUT2D eigenvalue weighted by Crippen LogP contribution is -2.30. The van der Waals surface area contributed by atoms with Crippen LogP contribution in [0.3, 0.4) is 0 Å². The first-order valence-corrected chi connectivity index (χ1v) is 6.85. The van der Waals surface area contributed by atoms with Crippen LogP contribution in [0.5, 0.6) is 0 Å². The third-order valence-corrected chi connectivity index (χ3v) is 4.55. The fourth-order valence-electron chi connectivity index (χ4n) is 1.20. The average molecular weight is 327 g/mol. The Morgan fingerprint density at radius 2 is 2.12 bits per heavy atom. The number of hydrogen-bond donors (Lipinski definition) is 2. The van der Waals surface area contributed by atoms with E-state index in [-0.39, 0.29) is 23.3 Å². The fourth-order valence-corrected chi connectivity index (χ4v) is 3.09. The number of aliphatic hydroxyl groups is 1. The van der Waals surface area contributed by atoms with Gasteiger partial charge in [0.2, 0.25) is 10.0 Å². The van der Waals surface area contributed by atoms with E-state index in [1.54, 1.807) is 0 Å². The van der Waals surface area contributed by atoms with Crippen LogP contribution in [-0.2, 0) is 10.0 Å². The molecule has 0 atom stereocenters. The van der Waals surface area contributed by atoms with Crippen LogP contribution >= 0.6 is 15.9 Å². The predicted octanol–water partition coefficient (Wildman–Crippen LogP) is 0.783. The van der Waals surface area contributed by atoms with Gasteiger partial charge in [0.05, 0.1) is 11.1 Å². The van der Waals surface area contributed by atoms with Gasteiger partial charge in [0, 0.05) is 19.3 Å². The van der Waals surface area contributed by atoms with E-state index >= 15 is 0 Å². The molecule has 0 unspecified atom stereocenters. The summed E-state index contributed by atoms with van der Waals surface area (Å²) in [4.78, 5) is -0.514. The molecule has 5 nitrogen and oxygen atoms in total. The summed E-state index contributed by atoms with van der Waals surface area (Å²) in [7, 11) is -2.74. The highest BCUT2D eigenvalue weighted by Crippen LogP contribution is 2.27. The molecular weight excluding hydrogens is 315 g/mol. The maximum absolute atomic E-state index is 13.7. The largest absolute Gasteiger partial charge is 0.399 e. The van der Waals surface area contributed by atoms with Crippen molar-refractivity contribution in [3.8, 4) is 0 Å². The van der Waals surface area contributed by atoms with Gasteiger partial charge < -0.3 is 10.8 Å². The average Bonchev–Trinajstić information content (AvgIpc) is 2.23. The van der Waals surface area contributed by atoms with Crippen LogP contribution in [0.2, 0.25) is 0 Å². The fraction of sp³-hybridized carbons (Fsp3) is 0.333. The zero-order valence-corrected chi connectivity index (χ0v) is 11.4. The molecule has 0 spiro atoms. The highest BCUT2D eigenvalue weighted by atomic mass is 79.9. The molecule has 3 N–H and O–H groups in total. The van der Waals surface area contributed by atoms with Crippen molar-refractivity contribution in [2.45, 2.75) is 4.90 Å². The van der Waals surface area contributed by atoms with Crippen LogP contribution in [0.25, 0.3) is 0 Å². The van der Waals surface area contributed by atoms with Crippen molar-refractivity contribution in [1.82, 2.24) is 4.31 Å². The molecule has 1 rings (SSSR count). The molecule has 0 bridgehead atoms. The Balaban J connectivity index is 3.33. The monoisotopic (exact) mass is 326 g/mol. The molecule has 0 aromatic heterocycles. The summed E-state index contributed by atoms with van der Waals surface area (Å²) in [6.45, 7) is -0.463. The minimum atomic E-state index is -3.99. The van der Waals surface area contributed by atoms with Crippen LogP contribution in [-0.4, -0.2) is 38.0 Å². The molecule has 1 aromatic rings. The molecule has 0 heterocycles. The topological polar surface area (TPSA) is 83.6 Å². The van der Waals surface area contributed by atoms with E-state index < -0.39 is 20.7 Å². The number of nitrogens with zero attached hydrogens (tertiary/aromatic N) is 1. The van der Waals surface area contributed by atoms with Crippen molar-refractivity contribution in [1.29, 1.82) is 0 Å². The van der Waals surface area contributed by atoms with Crippen LogP contribution in [0.15, 0.2) is 21.5 Å². The molecule has 8 heteroatoms. The SMILES string of the molecule is CN(CCO)S(=O)(=O)c1cc(N)cc(Br)c1F. The standard InChI is InChI=1S/C9H12BrFN2O3S/c1-13(2-3-14)17(15,16)8-5-6(12)4-7(10)9(8)11/h4-5,14H,2-3,12H2,1H3. The molecule has 0 fully saturated rings. The zero-order valence-electron chi connectivity index (χ0n) is 9.02. The molecule has 0 aliphatic carbocycles. The number of nitrogens with two attached hydrogens (primary N) is 1. The minimum Gasteiger partial charge on any atom is -0.399 e. The Bertz CT molecular complexity index is 521. The number of rotatable bonds is 4. The van der Waals surface area contributed by atoms with Crippen LogP contribution in [0.1, 0.15) is 0 Å². The zero-order chi connectivity index (χ0) is 13.2. The Morgan fingerprint density at radius 1 is 1.53 bits per heavy atom. The molecular formula is C9H12BrFN2O3S. The van der Waals surface area contributed by atoms with Crippen molar-refractivity contribution < 1.29 is 17.9 Å². The first-order chi connectivity index (χ1) is 7.80. The lowest BCUT2D eigenvalue weighted by molar-refractivity contribution is 0.266. The molecule has 0 aliphatic rings. The normalized spacial score (nSPS) is 12.1.